The molecule has 0 saturated heterocycles. The predicted molar refractivity (Wildman–Crippen MR) is 87.4 cm³/mol. The molecule has 0 radical (unpaired) electrons. The fourth-order valence-corrected chi connectivity index (χ4v) is 3.66. The highest BCUT2D eigenvalue weighted by Gasteiger charge is 2.26. The molecule has 0 fully saturated rings. The van der Waals surface area contributed by atoms with E-state index < -0.39 is 22.5 Å². The van der Waals surface area contributed by atoms with Crippen molar-refractivity contribution in [3.63, 3.8) is 0 Å². The lowest BCUT2D eigenvalue weighted by Gasteiger charge is -2.23. The minimum atomic E-state index is -3.88. The van der Waals surface area contributed by atoms with Crippen molar-refractivity contribution in [2.75, 3.05) is 10.8 Å². The van der Waals surface area contributed by atoms with Crippen molar-refractivity contribution < 1.29 is 13.2 Å². The maximum Gasteiger partial charge on any atom is 0.264 e. The molecule has 0 aromatic heterocycles. The number of hydrazine groups is 1. The summed E-state index contributed by atoms with van der Waals surface area (Å²) >= 11 is 3.29. The quantitative estimate of drug-likeness (QED) is 0.466. The Labute approximate surface area is 137 Å². The van der Waals surface area contributed by atoms with E-state index in [1.807, 2.05) is 5.43 Å². The van der Waals surface area contributed by atoms with Gasteiger partial charge in [-0.15, -0.1) is 0 Å². The number of benzene rings is 2. The van der Waals surface area contributed by atoms with Gasteiger partial charge < -0.3 is 0 Å². The van der Waals surface area contributed by atoms with Crippen LogP contribution in [0.15, 0.2) is 64.0 Å². The monoisotopic (exact) mass is 383 g/mol. The molecular formula is C14H14BrN3O3S. The molecule has 8 heteroatoms. The van der Waals surface area contributed by atoms with Crippen LogP contribution in [0.5, 0.6) is 0 Å². The third-order valence-corrected chi connectivity index (χ3v) is 5.16. The molecule has 6 nitrogen and oxygen atoms in total. The Bertz CT molecular complexity index is 766. The second-order valence-electron chi connectivity index (χ2n) is 4.37. The van der Waals surface area contributed by atoms with E-state index in [1.54, 1.807) is 42.5 Å². The number of halogens is 1. The van der Waals surface area contributed by atoms with E-state index in [-0.39, 0.29) is 4.90 Å². The normalized spacial score (nSPS) is 11.0. The molecule has 2 aromatic carbocycles. The molecule has 116 valence electrons. The van der Waals surface area contributed by atoms with Crippen LogP contribution < -0.4 is 15.6 Å². The van der Waals surface area contributed by atoms with E-state index in [1.165, 1.54) is 12.1 Å². The average Bonchev–Trinajstić information content (AvgIpc) is 2.53. The van der Waals surface area contributed by atoms with Gasteiger partial charge in [-0.2, -0.15) is 0 Å². The lowest BCUT2D eigenvalue weighted by Crippen LogP contribution is -2.43. The van der Waals surface area contributed by atoms with Gasteiger partial charge in [-0.3, -0.25) is 14.5 Å². The van der Waals surface area contributed by atoms with E-state index in [0.29, 0.717) is 10.2 Å². The zero-order valence-electron chi connectivity index (χ0n) is 11.4. The van der Waals surface area contributed by atoms with E-state index in [0.717, 1.165) is 4.31 Å². The van der Waals surface area contributed by atoms with Crippen molar-refractivity contribution in [1.29, 1.82) is 0 Å². The zero-order chi connectivity index (χ0) is 16.2. The molecule has 0 saturated carbocycles. The van der Waals surface area contributed by atoms with Gasteiger partial charge in [0.25, 0.3) is 15.9 Å². The third-order valence-electron chi connectivity index (χ3n) is 2.88. The van der Waals surface area contributed by atoms with Crippen LogP contribution in [-0.4, -0.2) is 20.9 Å². The van der Waals surface area contributed by atoms with E-state index in [2.05, 4.69) is 15.9 Å². The predicted octanol–water partition coefficient (Wildman–Crippen LogP) is 1.63. The summed E-state index contributed by atoms with van der Waals surface area (Å²) in [6.07, 6.45) is 0. The molecule has 3 N–H and O–H groups in total. The standard InChI is InChI=1S/C14H14BrN3O3S/c15-11-5-4-6-12(9-11)18(10-14(19)17-16)22(20,21)13-7-2-1-3-8-13/h1-9H,10,16H2,(H,17,19). The first-order chi connectivity index (χ1) is 10.4. The Morgan fingerprint density at radius 1 is 1.14 bits per heavy atom. The van der Waals surface area contributed by atoms with Crippen molar-refractivity contribution in [2.45, 2.75) is 4.90 Å². The van der Waals surface area contributed by atoms with Gasteiger partial charge in [-0.25, -0.2) is 14.3 Å². The second kappa shape index (κ2) is 6.91. The molecule has 0 aliphatic carbocycles. The minimum absolute atomic E-state index is 0.0970. The van der Waals surface area contributed by atoms with Crippen LogP contribution >= 0.6 is 15.9 Å². The summed E-state index contributed by atoms with van der Waals surface area (Å²) in [5.74, 6) is 4.47. The molecule has 22 heavy (non-hydrogen) atoms. The van der Waals surface area contributed by atoms with Gasteiger partial charge in [0.05, 0.1) is 10.6 Å². The highest BCUT2D eigenvalue weighted by molar-refractivity contribution is 9.10. The summed E-state index contributed by atoms with van der Waals surface area (Å²) in [7, 11) is -3.88. The van der Waals surface area contributed by atoms with Crippen LogP contribution in [-0.2, 0) is 14.8 Å². The Morgan fingerprint density at radius 3 is 2.41 bits per heavy atom. The number of carbonyl (C=O) groups is 1. The third kappa shape index (κ3) is 3.65. The van der Waals surface area contributed by atoms with E-state index in [9.17, 15) is 13.2 Å². The topological polar surface area (TPSA) is 92.5 Å². The maximum atomic E-state index is 12.8. The number of nitrogens with one attached hydrogen (secondary N) is 1. The molecule has 0 aliphatic rings. The Balaban J connectivity index is 2.51. The smallest absolute Gasteiger partial charge is 0.264 e. The number of hydrogen-bond acceptors (Lipinski definition) is 4. The molecule has 0 spiro atoms. The largest absolute Gasteiger partial charge is 0.293 e. The summed E-state index contributed by atoms with van der Waals surface area (Å²) in [6, 6.07) is 14.6. The lowest BCUT2D eigenvalue weighted by atomic mass is 10.3. The van der Waals surface area contributed by atoms with Crippen molar-refractivity contribution in [3.05, 3.63) is 59.1 Å². The number of amides is 1. The van der Waals surface area contributed by atoms with Crippen molar-refractivity contribution in [1.82, 2.24) is 5.43 Å². The minimum Gasteiger partial charge on any atom is -0.293 e. The molecule has 0 heterocycles. The number of anilines is 1. The molecule has 0 unspecified atom stereocenters. The summed E-state index contributed by atoms with van der Waals surface area (Å²) in [6.45, 7) is -0.413. The fourth-order valence-electron chi connectivity index (χ4n) is 1.84. The molecular weight excluding hydrogens is 370 g/mol. The SMILES string of the molecule is NNC(=O)CN(c1cccc(Br)c1)S(=O)(=O)c1ccccc1. The highest BCUT2D eigenvalue weighted by Crippen LogP contribution is 2.25. The second-order valence-corrected chi connectivity index (χ2v) is 7.15. The van der Waals surface area contributed by atoms with Crippen molar-refractivity contribution in [3.8, 4) is 0 Å². The van der Waals surface area contributed by atoms with Gasteiger partial charge in [0.1, 0.15) is 6.54 Å². The summed E-state index contributed by atoms with van der Waals surface area (Å²) in [5, 5.41) is 0. The maximum absolute atomic E-state index is 12.8. The van der Waals surface area contributed by atoms with E-state index >= 15 is 0 Å². The van der Waals surface area contributed by atoms with Gasteiger partial charge in [-0.1, -0.05) is 40.2 Å². The lowest BCUT2D eigenvalue weighted by molar-refractivity contribution is -0.119. The summed E-state index contributed by atoms with van der Waals surface area (Å²) < 4.78 is 27.3. The van der Waals surface area contributed by atoms with Gasteiger partial charge in [-0.05, 0) is 30.3 Å². The number of carbonyl (C=O) groups excluding carboxylic acids is 1. The Hall–Kier alpha value is -1.90. The fraction of sp³-hybridized carbons (Fsp3) is 0.0714. The first-order valence-corrected chi connectivity index (χ1v) is 8.51. The van der Waals surface area contributed by atoms with Crippen LogP contribution in [0, 0.1) is 0 Å². The number of nitrogens with two attached hydrogens (primary N) is 1. The molecule has 0 atom stereocenters. The molecule has 2 rings (SSSR count). The number of sulfonamides is 1. The molecule has 2 aromatic rings. The van der Waals surface area contributed by atoms with Crippen LogP contribution in [0.4, 0.5) is 5.69 Å². The van der Waals surface area contributed by atoms with Gasteiger partial charge in [0.15, 0.2) is 0 Å². The Kier molecular flexibility index (Phi) is 5.17. The van der Waals surface area contributed by atoms with Gasteiger partial charge in [0, 0.05) is 4.47 Å². The van der Waals surface area contributed by atoms with Crippen LogP contribution in [0.3, 0.4) is 0 Å². The number of rotatable bonds is 5. The van der Waals surface area contributed by atoms with Crippen molar-refractivity contribution in [2.24, 2.45) is 5.84 Å². The number of nitrogens with zero attached hydrogens (tertiary/aromatic N) is 1. The Morgan fingerprint density at radius 2 is 1.82 bits per heavy atom. The molecule has 0 aliphatic heterocycles. The number of hydrogen-bond donors (Lipinski definition) is 2. The van der Waals surface area contributed by atoms with Crippen LogP contribution in [0.25, 0.3) is 0 Å². The first kappa shape index (κ1) is 16.5. The molecule has 0 bridgehead atoms. The summed E-state index contributed by atoms with van der Waals surface area (Å²) in [5.41, 5.74) is 2.31. The zero-order valence-corrected chi connectivity index (χ0v) is 13.8. The summed E-state index contributed by atoms with van der Waals surface area (Å²) in [4.78, 5) is 11.7. The first-order valence-electron chi connectivity index (χ1n) is 6.28. The van der Waals surface area contributed by atoms with Gasteiger partial charge >= 0.3 is 0 Å². The van der Waals surface area contributed by atoms with Crippen molar-refractivity contribution >= 4 is 37.5 Å². The van der Waals surface area contributed by atoms with E-state index in [4.69, 9.17) is 5.84 Å². The average molecular weight is 384 g/mol. The van der Waals surface area contributed by atoms with Crippen LogP contribution in [0.1, 0.15) is 0 Å². The van der Waals surface area contributed by atoms with Crippen LogP contribution in [0.2, 0.25) is 0 Å². The molecule has 1 amide bonds. The van der Waals surface area contributed by atoms with Gasteiger partial charge in [0.2, 0.25) is 0 Å². The highest BCUT2D eigenvalue weighted by atomic mass is 79.9.